The van der Waals surface area contributed by atoms with Gasteiger partial charge in [-0.25, -0.2) is 4.79 Å². The lowest BCUT2D eigenvalue weighted by Gasteiger charge is -2.05. The van der Waals surface area contributed by atoms with Crippen LogP contribution >= 0.6 is 0 Å². The number of alkyl halides is 2. The first-order valence-corrected chi connectivity index (χ1v) is 7.79. The number of hydrogen-bond acceptors (Lipinski definition) is 4. The number of amides is 1. The molecule has 1 amide bonds. The van der Waals surface area contributed by atoms with Crippen LogP contribution in [-0.2, 0) is 9.53 Å². The van der Waals surface area contributed by atoms with Gasteiger partial charge < -0.3 is 14.8 Å². The average molecular weight is 361 g/mol. The van der Waals surface area contributed by atoms with Crippen molar-refractivity contribution in [2.45, 2.75) is 13.5 Å². The molecule has 0 radical (unpaired) electrons. The molecular formula is C19H17F2NO4. The normalized spacial score (nSPS) is 10.8. The molecule has 0 aliphatic rings. The van der Waals surface area contributed by atoms with E-state index in [4.69, 9.17) is 4.74 Å². The summed E-state index contributed by atoms with van der Waals surface area (Å²) in [6.45, 7) is -0.868. The van der Waals surface area contributed by atoms with Crippen molar-refractivity contribution in [3.05, 3.63) is 65.7 Å². The number of hydrogen-bond donors (Lipinski definition) is 1. The number of carbonyl (C=O) groups excluding carboxylic acids is 2. The Morgan fingerprint density at radius 1 is 1.08 bits per heavy atom. The third-order valence-corrected chi connectivity index (χ3v) is 3.20. The van der Waals surface area contributed by atoms with Crippen LogP contribution in [0.25, 0.3) is 6.08 Å². The molecular weight excluding hydrogens is 344 g/mol. The maximum absolute atomic E-state index is 12.1. The van der Waals surface area contributed by atoms with Gasteiger partial charge in [-0.1, -0.05) is 12.1 Å². The number of benzene rings is 2. The fourth-order valence-corrected chi connectivity index (χ4v) is 2.02. The number of nitrogens with one attached hydrogen (secondary N) is 1. The van der Waals surface area contributed by atoms with E-state index in [1.165, 1.54) is 24.3 Å². The maximum Gasteiger partial charge on any atom is 0.387 e. The van der Waals surface area contributed by atoms with E-state index in [2.05, 4.69) is 10.1 Å². The highest BCUT2D eigenvalue weighted by atomic mass is 19.3. The SMILES string of the molecule is CCOC(=O)c1ccc(NC(=O)/C=C/c2ccc(OC(F)F)cc2)cc1. The summed E-state index contributed by atoms with van der Waals surface area (Å²) in [7, 11) is 0. The Morgan fingerprint density at radius 2 is 1.73 bits per heavy atom. The summed E-state index contributed by atoms with van der Waals surface area (Å²) in [4.78, 5) is 23.5. The Hall–Kier alpha value is -3.22. The first-order chi connectivity index (χ1) is 12.5. The zero-order valence-corrected chi connectivity index (χ0v) is 13.9. The van der Waals surface area contributed by atoms with Gasteiger partial charge in [-0.15, -0.1) is 0 Å². The molecule has 2 rings (SSSR count). The summed E-state index contributed by atoms with van der Waals surface area (Å²) in [5, 5.41) is 2.65. The minimum atomic E-state index is -2.88. The number of carbonyl (C=O) groups is 2. The molecule has 1 N–H and O–H groups in total. The second-order valence-corrected chi connectivity index (χ2v) is 5.07. The highest BCUT2D eigenvalue weighted by molar-refractivity contribution is 6.02. The molecule has 0 aliphatic carbocycles. The van der Waals surface area contributed by atoms with E-state index < -0.39 is 12.6 Å². The lowest BCUT2D eigenvalue weighted by atomic mass is 10.2. The second-order valence-electron chi connectivity index (χ2n) is 5.07. The Bertz CT molecular complexity index is 771. The molecule has 0 spiro atoms. The van der Waals surface area contributed by atoms with Gasteiger partial charge in [0.15, 0.2) is 0 Å². The lowest BCUT2D eigenvalue weighted by Crippen LogP contribution is -2.08. The van der Waals surface area contributed by atoms with Crippen molar-refractivity contribution in [3.63, 3.8) is 0 Å². The Labute approximate surface area is 149 Å². The largest absolute Gasteiger partial charge is 0.462 e. The smallest absolute Gasteiger partial charge is 0.387 e. The van der Waals surface area contributed by atoms with Crippen molar-refractivity contribution < 1.29 is 27.8 Å². The van der Waals surface area contributed by atoms with Crippen LogP contribution in [0.3, 0.4) is 0 Å². The van der Waals surface area contributed by atoms with Crippen molar-refractivity contribution in [1.82, 2.24) is 0 Å². The van der Waals surface area contributed by atoms with Gasteiger partial charge in [0, 0.05) is 11.8 Å². The molecule has 7 heteroatoms. The first kappa shape index (κ1) is 19.1. The fraction of sp³-hybridized carbons (Fsp3) is 0.158. The van der Waals surface area contributed by atoms with Gasteiger partial charge in [-0.2, -0.15) is 8.78 Å². The zero-order chi connectivity index (χ0) is 18.9. The van der Waals surface area contributed by atoms with E-state index in [-0.39, 0.29) is 18.3 Å². The van der Waals surface area contributed by atoms with Crippen LogP contribution in [0.2, 0.25) is 0 Å². The molecule has 0 unspecified atom stereocenters. The topological polar surface area (TPSA) is 64.6 Å². The summed E-state index contributed by atoms with van der Waals surface area (Å²) in [5.74, 6) is -0.755. The van der Waals surface area contributed by atoms with Gasteiger partial charge in [0.2, 0.25) is 5.91 Å². The van der Waals surface area contributed by atoms with Gasteiger partial charge in [-0.3, -0.25) is 4.79 Å². The molecule has 5 nitrogen and oxygen atoms in total. The van der Waals surface area contributed by atoms with Gasteiger partial charge >= 0.3 is 12.6 Å². The van der Waals surface area contributed by atoms with Crippen LogP contribution < -0.4 is 10.1 Å². The third kappa shape index (κ3) is 6.01. The molecule has 0 aromatic heterocycles. The summed E-state index contributed by atoms with van der Waals surface area (Å²) in [6.07, 6.45) is 2.84. The van der Waals surface area contributed by atoms with E-state index in [1.54, 1.807) is 43.3 Å². The predicted octanol–water partition coefficient (Wildman–Crippen LogP) is 4.12. The molecule has 26 heavy (non-hydrogen) atoms. The lowest BCUT2D eigenvalue weighted by molar-refractivity contribution is -0.111. The molecule has 0 fully saturated rings. The second kappa shape index (κ2) is 9.31. The van der Waals surface area contributed by atoms with E-state index in [0.29, 0.717) is 16.8 Å². The molecule has 136 valence electrons. The van der Waals surface area contributed by atoms with Gasteiger partial charge in [0.25, 0.3) is 0 Å². The van der Waals surface area contributed by atoms with E-state index in [0.717, 1.165) is 0 Å². The van der Waals surface area contributed by atoms with Crippen molar-refractivity contribution in [2.24, 2.45) is 0 Å². The van der Waals surface area contributed by atoms with Gasteiger partial charge in [-0.05, 0) is 55.0 Å². The minimum Gasteiger partial charge on any atom is -0.462 e. The van der Waals surface area contributed by atoms with Crippen LogP contribution in [0.1, 0.15) is 22.8 Å². The molecule has 0 bridgehead atoms. The van der Waals surface area contributed by atoms with Crippen molar-refractivity contribution in [3.8, 4) is 5.75 Å². The molecule has 0 heterocycles. The first-order valence-electron chi connectivity index (χ1n) is 7.79. The molecule has 2 aromatic carbocycles. The highest BCUT2D eigenvalue weighted by Crippen LogP contribution is 2.16. The highest BCUT2D eigenvalue weighted by Gasteiger charge is 2.06. The molecule has 0 atom stereocenters. The van der Waals surface area contributed by atoms with Crippen LogP contribution in [-0.4, -0.2) is 25.1 Å². The maximum atomic E-state index is 12.1. The van der Waals surface area contributed by atoms with Gasteiger partial charge in [0.1, 0.15) is 5.75 Å². The average Bonchev–Trinajstić information content (AvgIpc) is 2.61. The van der Waals surface area contributed by atoms with Crippen LogP contribution in [0.4, 0.5) is 14.5 Å². The number of ether oxygens (including phenoxy) is 2. The van der Waals surface area contributed by atoms with Crippen molar-refractivity contribution in [1.29, 1.82) is 0 Å². The van der Waals surface area contributed by atoms with E-state index >= 15 is 0 Å². The van der Waals surface area contributed by atoms with Crippen LogP contribution in [0.15, 0.2) is 54.6 Å². The summed E-state index contributed by atoms with van der Waals surface area (Å²) < 4.78 is 33.3. The Balaban J connectivity index is 1.91. The molecule has 2 aromatic rings. The van der Waals surface area contributed by atoms with E-state index in [1.807, 2.05) is 0 Å². The molecule has 0 saturated carbocycles. The van der Waals surface area contributed by atoms with E-state index in [9.17, 15) is 18.4 Å². The number of anilines is 1. The third-order valence-electron chi connectivity index (χ3n) is 3.20. The monoisotopic (exact) mass is 361 g/mol. The Kier molecular flexibility index (Phi) is 6.84. The molecule has 0 saturated heterocycles. The van der Waals surface area contributed by atoms with Gasteiger partial charge in [0.05, 0.1) is 12.2 Å². The standard InChI is InChI=1S/C19H17F2NO4/c1-2-25-18(24)14-6-8-15(9-7-14)22-17(23)12-5-13-3-10-16(11-4-13)26-19(20)21/h3-12,19H,2H2,1H3,(H,22,23)/b12-5+. The predicted molar refractivity (Wildman–Crippen MR) is 93.1 cm³/mol. The van der Waals surface area contributed by atoms with Crippen LogP contribution in [0, 0.1) is 0 Å². The zero-order valence-electron chi connectivity index (χ0n) is 13.9. The van der Waals surface area contributed by atoms with Crippen molar-refractivity contribution in [2.75, 3.05) is 11.9 Å². The Morgan fingerprint density at radius 3 is 2.31 bits per heavy atom. The number of rotatable bonds is 7. The quantitative estimate of drug-likeness (QED) is 0.595. The fourth-order valence-electron chi connectivity index (χ4n) is 2.02. The summed E-state index contributed by atoms with van der Waals surface area (Å²) in [5.41, 5.74) is 1.57. The summed E-state index contributed by atoms with van der Waals surface area (Å²) >= 11 is 0. The van der Waals surface area contributed by atoms with Crippen LogP contribution in [0.5, 0.6) is 5.75 Å². The molecule has 0 aliphatic heterocycles. The number of esters is 1. The minimum absolute atomic E-state index is 0.0447. The number of halogens is 2. The van der Waals surface area contributed by atoms with Crippen molar-refractivity contribution >= 4 is 23.6 Å². The summed E-state index contributed by atoms with van der Waals surface area (Å²) in [6, 6.07) is 12.2.